The molecule has 4 atom stereocenters. The minimum atomic E-state index is -2.91. The van der Waals surface area contributed by atoms with Crippen molar-refractivity contribution in [3.05, 3.63) is 47.3 Å². The first kappa shape index (κ1) is 39.1. The van der Waals surface area contributed by atoms with Crippen LogP contribution < -0.4 is 15.2 Å². The molecule has 0 saturated carbocycles. The molecule has 0 radical (unpaired) electrons. The quantitative estimate of drug-likeness (QED) is 0.115. The Kier molecular flexibility index (Phi) is 11.7. The Bertz CT molecular complexity index is 1660. The summed E-state index contributed by atoms with van der Waals surface area (Å²) in [4.78, 5) is 42.3. The Balaban J connectivity index is 1.60. The molecular weight excluding hydrogens is 678 g/mol. The van der Waals surface area contributed by atoms with Gasteiger partial charge in [-0.15, -0.1) is 0 Å². The van der Waals surface area contributed by atoms with Crippen molar-refractivity contribution >= 4 is 17.9 Å². The summed E-state index contributed by atoms with van der Waals surface area (Å²) in [5.41, 5.74) is 3.02. The molecule has 4 rings (SSSR count). The molecule has 51 heavy (non-hydrogen) atoms. The van der Waals surface area contributed by atoms with Crippen LogP contribution in [0.4, 0.5) is 22.4 Å². The van der Waals surface area contributed by atoms with E-state index in [4.69, 9.17) is 24.8 Å². The second-order valence-electron chi connectivity index (χ2n) is 14.3. The van der Waals surface area contributed by atoms with Crippen LogP contribution >= 0.6 is 0 Å². The highest BCUT2D eigenvalue weighted by Gasteiger charge is 2.46. The molecule has 1 aromatic carbocycles. The number of nitriles is 1. The lowest BCUT2D eigenvalue weighted by molar-refractivity contribution is -0.149. The van der Waals surface area contributed by atoms with E-state index in [2.05, 4.69) is 21.2 Å². The standard InChI is InChI=1S/C34H43F4N7O6/c1-19(24-17-34(37,38)18-44(24)7)48-25-16-26(49-21-12-14-45(20(15-21)11-13-39)31(47)50-32(2,3)4)42-29(41-25)28(40)43-51-30(46)33(5,6)27-22(35)9-8-10-23(27)36/h8-10,16,19-21,24H,11-12,14-15,17-18H2,1-7H3,(H2,40,43)/t19-,20+,21-,24-/m0/s1. The molecule has 2 N–H and O–H groups in total. The summed E-state index contributed by atoms with van der Waals surface area (Å²) in [6.45, 7) is 9.09. The molecule has 2 saturated heterocycles. The number of amides is 1. The Morgan fingerprint density at radius 2 is 1.80 bits per heavy atom. The zero-order chi connectivity index (χ0) is 37.9. The zero-order valence-corrected chi connectivity index (χ0v) is 29.6. The summed E-state index contributed by atoms with van der Waals surface area (Å²) in [7, 11) is 1.56. The lowest BCUT2D eigenvalue weighted by Gasteiger charge is -2.38. The molecule has 278 valence electrons. The van der Waals surface area contributed by atoms with Crippen LogP contribution in [0.5, 0.6) is 11.8 Å². The first-order valence-corrected chi connectivity index (χ1v) is 16.4. The number of nitrogens with two attached hydrogens (primary N) is 1. The highest BCUT2D eigenvalue weighted by molar-refractivity contribution is 5.94. The Labute approximate surface area is 293 Å². The molecule has 2 aliphatic heterocycles. The molecule has 1 amide bonds. The lowest BCUT2D eigenvalue weighted by Crippen LogP contribution is -2.50. The first-order valence-electron chi connectivity index (χ1n) is 16.4. The Morgan fingerprint density at radius 1 is 1.16 bits per heavy atom. The van der Waals surface area contributed by atoms with Gasteiger partial charge in [-0.3, -0.25) is 4.90 Å². The van der Waals surface area contributed by atoms with Gasteiger partial charge >= 0.3 is 12.1 Å². The summed E-state index contributed by atoms with van der Waals surface area (Å²) in [5.74, 6) is -7.03. The van der Waals surface area contributed by atoms with E-state index in [1.165, 1.54) is 29.7 Å². The van der Waals surface area contributed by atoms with Crippen molar-refractivity contribution < 1.29 is 46.2 Å². The maximum Gasteiger partial charge on any atom is 0.410 e. The molecule has 1 aromatic heterocycles. The number of hydrogen-bond donors (Lipinski definition) is 1. The number of hydrogen-bond acceptors (Lipinski definition) is 11. The minimum absolute atomic E-state index is 0.0116. The van der Waals surface area contributed by atoms with Crippen LogP contribution in [0.25, 0.3) is 0 Å². The van der Waals surface area contributed by atoms with E-state index in [1.54, 1.807) is 34.7 Å². The molecule has 0 spiro atoms. The van der Waals surface area contributed by atoms with E-state index in [0.29, 0.717) is 6.42 Å². The van der Waals surface area contributed by atoms with Crippen LogP contribution in [0.1, 0.15) is 78.6 Å². The third-order valence-corrected chi connectivity index (χ3v) is 8.55. The summed E-state index contributed by atoms with van der Waals surface area (Å²) in [6.07, 6.45) is -1.76. The van der Waals surface area contributed by atoms with Gasteiger partial charge in [-0.1, -0.05) is 11.2 Å². The minimum Gasteiger partial charge on any atom is -0.474 e. The van der Waals surface area contributed by atoms with Crippen molar-refractivity contribution in [1.29, 1.82) is 5.26 Å². The van der Waals surface area contributed by atoms with Crippen molar-refractivity contribution in [1.82, 2.24) is 19.8 Å². The van der Waals surface area contributed by atoms with Crippen molar-refractivity contribution in [3.8, 4) is 17.8 Å². The number of benzene rings is 1. The van der Waals surface area contributed by atoms with Gasteiger partial charge in [-0.2, -0.15) is 15.2 Å². The second kappa shape index (κ2) is 15.3. The van der Waals surface area contributed by atoms with Crippen molar-refractivity contribution in [2.24, 2.45) is 10.9 Å². The third kappa shape index (κ3) is 9.75. The summed E-state index contributed by atoms with van der Waals surface area (Å²) >= 11 is 0. The molecule has 0 unspecified atom stereocenters. The highest BCUT2D eigenvalue weighted by atomic mass is 19.3. The molecule has 2 aliphatic rings. The Morgan fingerprint density at radius 3 is 2.39 bits per heavy atom. The van der Waals surface area contributed by atoms with Gasteiger partial charge < -0.3 is 29.7 Å². The van der Waals surface area contributed by atoms with Gasteiger partial charge in [0.15, 0.2) is 0 Å². The number of oxime groups is 1. The maximum absolute atomic E-state index is 14.5. The Hall–Kier alpha value is -4.72. The number of likely N-dealkylation sites (tertiary alicyclic amines) is 2. The number of carbonyl (C=O) groups is 2. The number of halogens is 4. The van der Waals surface area contributed by atoms with Crippen LogP contribution in [-0.2, 0) is 19.8 Å². The van der Waals surface area contributed by atoms with Crippen molar-refractivity contribution in [2.75, 3.05) is 20.1 Å². The topological polar surface area (TPSA) is 165 Å². The van der Waals surface area contributed by atoms with Crippen LogP contribution in [-0.4, -0.2) is 93.6 Å². The van der Waals surface area contributed by atoms with Crippen molar-refractivity contribution in [2.45, 2.75) is 108 Å². The fraction of sp³-hybridized carbons (Fsp3) is 0.588. The van der Waals surface area contributed by atoms with E-state index in [-0.39, 0.29) is 37.0 Å². The molecule has 2 fully saturated rings. The first-order chi connectivity index (χ1) is 23.7. The predicted molar refractivity (Wildman–Crippen MR) is 175 cm³/mol. The molecule has 17 heteroatoms. The lowest BCUT2D eigenvalue weighted by atomic mass is 9.84. The second-order valence-corrected chi connectivity index (χ2v) is 14.3. The number of likely N-dealkylation sites (N-methyl/N-ethyl adjacent to an activating group) is 1. The molecule has 2 aromatic rings. The average Bonchev–Trinajstić information content (AvgIpc) is 3.30. The van der Waals surface area contributed by atoms with Gasteiger partial charge in [0.1, 0.15) is 29.4 Å². The number of aromatic nitrogens is 2. The number of ether oxygens (including phenoxy) is 3. The van der Waals surface area contributed by atoms with Gasteiger partial charge in [0.25, 0.3) is 5.92 Å². The number of carbonyl (C=O) groups excluding carboxylic acids is 2. The van der Waals surface area contributed by atoms with Crippen LogP contribution in [0.2, 0.25) is 0 Å². The van der Waals surface area contributed by atoms with E-state index >= 15 is 0 Å². The number of amidine groups is 1. The summed E-state index contributed by atoms with van der Waals surface area (Å²) in [5, 5.41) is 13.1. The molecule has 3 heterocycles. The van der Waals surface area contributed by atoms with Crippen LogP contribution in [0.3, 0.4) is 0 Å². The summed E-state index contributed by atoms with van der Waals surface area (Å²) in [6, 6.07) is 5.37. The molecular formula is C34H43F4N7O6. The van der Waals surface area contributed by atoms with Gasteiger partial charge in [-0.05, 0) is 60.7 Å². The van der Waals surface area contributed by atoms with E-state index in [0.717, 1.165) is 18.2 Å². The largest absolute Gasteiger partial charge is 0.474 e. The number of piperidine rings is 1. The maximum atomic E-state index is 14.5. The fourth-order valence-corrected chi connectivity index (χ4v) is 6.04. The third-order valence-electron chi connectivity index (χ3n) is 8.55. The van der Waals surface area contributed by atoms with Crippen LogP contribution in [0, 0.1) is 23.0 Å². The fourth-order valence-electron chi connectivity index (χ4n) is 6.04. The summed E-state index contributed by atoms with van der Waals surface area (Å²) < 4.78 is 74.9. The van der Waals surface area contributed by atoms with Gasteiger partial charge in [-0.25, -0.2) is 27.2 Å². The molecule has 0 bridgehead atoms. The monoisotopic (exact) mass is 721 g/mol. The van der Waals surface area contributed by atoms with Gasteiger partial charge in [0, 0.05) is 31.4 Å². The average molecular weight is 722 g/mol. The predicted octanol–water partition coefficient (Wildman–Crippen LogP) is 5.06. The molecule has 13 nitrogen and oxygen atoms in total. The van der Waals surface area contributed by atoms with E-state index in [1.807, 2.05) is 0 Å². The van der Waals surface area contributed by atoms with Crippen molar-refractivity contribution in [3.63, 3.8) is 0 Å². The SMILES string of the molecule is C[C@H](Oc1cc(O[C@H]2CCN(C(=O)OC(C)(C)C)[C@H](CC#N)C2)nc(C(N)=NOC(=O)C(C)(C)c2c(F)cccc2F)n1)[C@@H]1CC(F)(F)CN1C. The number of alkyl halides is 2. The van der Waals surface area contributed by atoms with Gasteiger partial charge in [0.2, 0.25) is 23.4 Å². The van der Waals surface area contributed by atoms with Crippen LogP contribution in [0.15, 0.2) is 29.4 Å². The van der Waals surface area contributed by atoms with E-state index < -0.39 is 89.3 Å². The normalized spacial score (nSPS) is 21.8. The zero-order valence-electron chi connectivity index (χ0n) is 29.6. The highest BCUT2D eigenvalue weighted by Crippen LogP contribution is 2.34. The molecule has 0 aliphatic carbocycles. The number of nitrogens with zero attached hydrogens (tertiary/aromatic N) is 6. The van der Waals surface area contributed by atoms with Gasteiger partial charge in [0.05, 0.1) is 42.6 Å². The van der Waals surface area contributed by atoms with E-state index in [9.17, 15) is 32.4 Å². The smallest absolute Gasteiger partial charge is 0.410 e. The number of rotatable bonds is 10.